The van der Waals surface area contributed by atoms with E-state index in [1.165, 1.54) is 7.11 Å². The highest BCUT2D eigenvalue weighted by molar-refractivity contribution is 7.92. The largest absolute Gasteiger partial charge is 0.492 e. The van der Waals surface area contributed by atoms with Crippen molar-refractivity contribution in [1.29, 1.82) is 0 Å². The predicted molar refractivity (Wildman–Crippen MR) is 168 cm³/mol. The van der Waals surface area contributed by atoms with E-state index >= 15 is 0 Å². The Hall–Kier alpha value is -3.97. The molecule has 4 rings (SSSR count). The van der Waals surface area contributed by atoms with Gasteiger partial charge in [-0.05, 0) is 47.7 Å². The summed E-state index contributed by atoms with van der Waals surface area (Å²) in [5, 5.41) is 23.4. The molecular formula is C30H41N7O5S. The van der Waals surface area contributed by atoms with E-state index < -0.39 is 21.3 Å². The van der Waals surface area contributed by atoms with Gasteiger partial charge in [-0.15, -0.1) is 0 Å². The monoisotopic (exact) mass is 611 g/mol. The molecule has 0 bridgehead atoms. The molecule has 3 aromatic rings. The Kier molecular flexibility index (Phi) is 8.63. The maximum absolute atomic E-state index is 13.6. The summed E-state index contributed by atoms with van der Waals surface area (Å²) in [6.45, 7) is 12.2. The van der Waals surface area contributed by atoms with Crippen LogP contribution in [0.4, 0.5) is 17.1 Å². The minimum absolute atomic E-state index is 0.0362. The van der Waals surface area contributed by atoms with Crippen molar-refractivity contribution in [2.75, 3.05) is 41.6 Å². The van der Waals surface area contributed by atoms with Gasteiger partial charge in [0.1, 0.15) is 11.9 Å². The van der Waals surface area contributed by atoms with Gasteiger partial charge < -0.3 is 19.7 Å². The lowest BCUT2D eigenvalue weighted by Gasteiger charge is -2.24. The molecule has 1 unspecified atom stereocenters. The molecule has 0 aliphatic carbocycles. The van der Waals surface area contributed by atoms with Gasteiger partial charge in [-0.1, -0.05) is 45.9 Å². The molecule has 2 heterocycles. The number of anilines is 3. The third kappa shape index (κ3) is 6.83. The number of aliphatic hydroxyl groups is 1. The first-order valence-corrected chi connectivity index (χ1v) is 15.8. The summed E-state index contributed by atoms with van der Waals surface area (Å²) in [6, 6.07) is 8.55. The number of hydrogen-bond acceptors (Lipinski definition) is 9. The number of carbonyl (C=O) groups excluding carboxylic acids is 1. The van der Waals surface area contributed by atoms with Gasteiger partial charge >= 0.3 is 0 Å². The second-order valence-corrected chi connectivity index (χ2v) is 14.3. The molecule has 232 valence electrons. The average Bonchev–Trinajstić information content (AvgIpc) is 3.54. The topological polar surface area (TPSA) is 151 Å². The predicted octanol–water partition coefficient (Wildman–Crippen LogP) is 4.86. The van der Waals surface area contributed by atoms with E-state index in [1.54, 1.807) is 35.5 Å². The zero-order valence-corrected chi connectivity index (χ0v) is 27.0. The molecule has 13 heteroatoms. The Morgan fingerprint density at radius 3 is 2.42 bits per heavy atom. The maximum atomic E-state index is 13.6. The molecule has 1 aromatic heterocycles. The van der Waals surface area contributed by atoms with Crippen molar-refractivity contribution in [3.05, 3.63) is 64.7 Å². The second kappa shape index (κ2) is 11.6. The minimum Gasteiger partial charge on any atom is -0.492 e. The highest BCUT2D eigenvalue weighted by Crippen LogP contribution is 2.40. The Balaban J connectivity index is 1.62. The fraction of sp³-hybridized carbons (Fsp3) is 0.467. The number of hydrogen-bond donors (Lipinski definition) is 3. The summed E-state index contributed by atoms with van der Waals surface area (Å²) < 4.78 is 34.2. The van der Waals surface area contributed by atoms with Crippen LogP contribution in [0.1, 0.15) is 73.7 Å². The van der Waals surface area contributed by atoms with Crippen LogP contribution in [0, 0.1) is 6.92 Å². The van der Waals surface area contributed by atoms with Crippen LogP contribution in [0.15, 0.2) is 46.9 Å². The zero-order chi connectivity index (χ0) is 31.9. The van der Waals surface area contributed by atoms with E-state index in [1.807, 2.05) is 59.2 Å². The van der Waals surface area contributed by atoms with Crippen molar-refractivity contribution in [2.24, 2.45) is 17.4 Å². The quantitative estimate of drug-likeness (QED) is 0.313. The van der Waals surface area contributed by atoms with Gasteiger partial charge in [0, 0.05) is 18.0 Å². The third-order valence-corrected chi connectivity index (χ3v) is 8.05. The molecule has 0 radical (unpaired) electrons. The first-order chi connectivity index (χ1) is 19.9. The number of rotatable bonds is 9. The lowest BCUT2D eigenvalue weighted by molar-refractivity contribution is 0.102. The van der Waals surface area contributed by atoms with Crippen LogP contribution in [-0.2, 0) is 27.9 Å². The van der Waals surface area contributed by atoms with Crippen LogP contribution >= 0.6 is 0 Å². The molecule has 1 amide bonds. The van der Waals surface area contributed by atoms with E-state index in [4.69, 9.17) is 4.74 Å². The van der Waals surface area contributed by atoms with Gasteiger partial charge in [-0.3, -0.25) is 9.52 Å². The highest BCUT2D eigenvalue weighted by Gasteiger charge is 2.31. The summed E-state index contributed by atoms with van der Waals surface area (Å²) in [4.78, 5) is 18.1. The third-order valence-electron chi connectivity index (χ3n) is 7.46. The molecular weight excluding hydrogens is 570 g/mol. The molecule has 1 aliphatic rings. The van der Waals surface area contributed by atoms with Gasteiger partial charge in [0.25, 0.3) is 5.91 Å². The van der Waals surface area contributed by atoms with Crippen LogP contribution in [0.3, 0.4) is 0 Å². The smallest absolute Gasteiger partial charge is 0.255 e. The Bertz CT molecular complexity index is 1670. The lowest BCUT2D eigenvalue weighted by atomic mass is 9.86. The summed E-state index contributed by atoms with van der Waals surface area (Å²) in [5.74, 6) is 0.565. The van der Waals surface area contributed by atoms with Crippen molar-refractivity contribution in [3.8, 4) is 5.75 Å². The van der Waals surface area contributed by atoms with Crippen molar-refractivity contribution in [2.45, 2.75) is 58.4 Å². The standard InChI is InChI=1S/C30H41N7O5S/c1-18-10-11-19(12-24(18)37-16-23(33-35-37)25-15-31-28(36(25)7)30(5,6)17-38)27(39)32-21-13-20(29(2,3)4)14-22(26(21)42-8)34-43(9,40)41/h10-15,23,34,38H,16-17H2,1-9H3,(H,32,39). The number of nitrogens with zero attached hydrogens (tertiary/aromatic N) is 5. The fourth-order valence-electron chi connectivity index (χ4n) is 4.97. The number of imidazole rings is 1. The molecule has 0 saturated carbocycles. The van der Waals surface area contributed by atoms with E-state index in [9.17, 15) is 18.3 Å². The number of amides is 1. The summed E-state index contributed by atoms with van der Waals surface area (Å²) >= 11 is 0. The van der Waals surface area contributed by atoms with Crippen molar-refractivity contribution >= 4 is 33.0 Å². The van der Waals surface area contributed by atoms with Crippen LogP contribution in [-0.4, -0.2) is 55.5 Å². The highest BCUT2D eigenvalue weighted by atomic mass is 32.2. The summed E-state index contributed by atoms with van der Waals surface area (Å²) in [6.07, 6.45) is 2.83. The fourth-order valence-corrected chi connectivity index (χ4v) is 5.52. The molecule has 0 saturated heterocycles. The molecule has 1 aliphatic heterocycles. The zero-order valence-electron chi connectivity index (χ0n) is 26.2. The number of aryl methyl sites for hydroxylation is 1. The number of benzene rings is 2. The van der Waals surface area contributed by atoms with Crippen LogP contribution in [0.25, 0.3) is 0 Å². The van der Waals surface area contributed by atoms with Gasteiger partial charge in [0.15, 0.2) is 5.75 Å². The van der Waals surface area contributed by atoms with Gasteiger partial charge in [-0.2, -0.15) is 5.11 Å². The summed E-state index contributed by atoms with van der Waals surface area (Å²) in [5.41, 5.74) is 3.44. The normalized spacial score (nSPS) is 15.6. The Morgan fingerprint density at radius 2 is 1.81 bits per heavy atom. The number of aromatic nitrogens is 2. The summed E-state index contributed by atoms with van der Waals surface area (Å²) in [7, 11) is -0.282. The Morgan fingerprint density at radius 1 is 1.14 bits per heavy atom. The first kappa shape index (κ1) is 32.0. The maximum Gasteiger partial charge on any atom is 0.255 e. The van der Waals surface area contributed by atoms with E-state index in [2.05, 4.69) is 25.4 Å². The number of ether oxygens (including phenoxy) is 1. The Labute approximate surface area is 253 Å². The number of nitrogens with one attached hydrogen (secondary N) is 2. The molecule has 0 fully saturated rings. The van der Waals surface area contributed by atoms with Crippen molar-refractivity contribution in [1.82, 2.24) is 9.55 Å². The van der Waals surface area contributed by atoms with E-state index in [0.717, 1.165) is 34.6 Å². The van der Waals surface area contributed by atoms with Crippen molar-refractivity contribution < 1.29 is 23.1 Å². The second-order valence-electron chi connectivity index (χ2n) is 12.6. The molecule has 0 spiro atoms. The van der Waals surface area contributed by atoms with Crippen molar-refractivity contribution in [3.63, 3.8) is 0 Å². The van der Waals surface area contributed by atoms with E-state index in [-0.39, 0.29) is 29.5 Å². The first-order valence-electron chi connectivity index (χ1n) is 13.9. The van der Waals surface area contributed by atoms with Crippen LogP contribution in [0.2, 0.25) is 0 Å². The number of sulfonamides is 1. The van der Waals surface area contributed by atoms with Gasteiger partial charge in [-0.25, -0.2) is 18.4 Å². The number of carbonyl (C=O) groups is 1. The molecule has 3 N–H and O–H groups in total. The van der Waals surface area contributed by atoms with Crippen LogP contribution in [0.5, 0.6) is 5.75 Å². The average molecular weight is 612 g/mol. The molecule has 1 atom stereocenters. The number of aliphatic hydroxyl groups excluding tert-OH is 1. The van der Waals surface area contributed by atoms with E-state index in [0.29, 0.717) is 17.8 Å². The SMILES string of the molecule is COc1c(NC(=O)c2ccc(C)c(N3CC(c4cnc(C(C)(C)CO)n4C)N=N3)c2)cc(C(C)(C)C)cc1NS(C)(=O)=O. The minimum atomic E-state index is -3.61. The van der Waals surface area contributed by atoms with Gasteiger partial charge in [0.2, 0.25) is 10.0 Å². The lowest BCUT2D eigenvalue weighted by Crippen LogP contribution is -2.27. The van der Waals surface area contributed by atoms with Gasteiger partial charge in [0.05, 0.1) is 55.5 Å². The molecule has 2 aromatic carbocycles. The molecule has 43 heavy (non-hydrogen) atoms. The molecule has 12 nitrogen and oxygen atoms in total. The number of methoxy groups -OCH3 is 1. The van der Waals surface area contributed by atoms with Crippen LogP contribution < -0.4 is 19.8 Å².